The number of hydrogen-bond acceptors (Lipinski definition) is 3. The van der Waals surface area contributed by atoms with E-state index in [2.05, 4.69) is 0 Å². The molecule has 4 heteroatoms. The largest absolute Gasteiger partial charge is 0.496 e. The van der Waals surface area contributed by atoms with Crippen LogP contribution in [0.1, 0.15) is 29.7 Å². The first-order valence-corrected chi connectivity index (χ1v) is 7.13. The van der Waals surface area contributed by atoms with E-state index >= 15 is 0 Å². The molecule has 0 spiro atoms. The lowest BCUT2D eigenvalue weighted by atomic mass is 10.1. The van der Waals surface area contributed by atoms with Gasteiger partial charge in [-0.15, -0.1) is 0 Å². The summed E-state index contributed by atoms with van der Waals surface area (Å²) in [4.78, 5) is 0. The van der Waals surface area contributed by atoms with Crippen molar-refractivity contribution in [3.8, 4) is 11.5 Å². The monoisotopic (exact) mass is 306 g/mol. The minimum atomic E-state index is -0.582. The van der Waals surface area contributed by atoms with E-state index in [-0.39, 0.29) is 0 Å². The van der Waals surface area contributed by atoms with Crippen LogP contribution >= 0.6 is 11.6 Å². The first-order chi connectivity index (χ1) is 10.0. The fourth-order valence-corrected chi connectivity index (χ4v) is 2.34. The molecular formula is C17H19ClO3. The van der Waals surface area contributed by atoms with E-state index in [1.165, 1.54) is 0 Å². The molecule has 0 radical (unpaired) electrons. The highest BCUT2D eigenvalue weighted by molar-refractivity contribution is 6.30. The number of ether oxygens (including phenoxy) is 2. The lowest BCUT2D eigenvalue weighted by Crippen LogP contribution is -2.03. The van der Waals surface area contributed by atoms with Gasteiger partial charge >= 0.3 is 0 Å². The second-order valence-electron chi connectivity index (χ2n) is 4.96. The Hall–Kier alpha value is -1.71. The van der Waals surface area contributed by atoms with Crippen LogP contribution < -0.4 is 9.47 Å². The Morgan fingerprint density at radius 1 is 1.14 bits per heavy atom. The number of benzene rings is 2. The molecule has 3 nitrogen and oxygen atoms in total. The molecule has 1 atom stereocenters. The van der Waals surface area contributed by atoms with Crippen molar-refractivity contribution in [1.29, 1.82) is 0 Å². The van der Waals surface area contributed by atoms with Crippen molar-refractivity contribution in [3.05, 3.63) is 58.1 Å². The van der Waals surface area contributed by atoms with Gasteiger partial charge in [-0.3, -0.25) is 0 Å². The molecule has 21 heavy (non-hydrogen) atoms. The maximum atomic E-state index is 9.85. The summed E-state index contributed by atoms with van der Waals surface area (Å²) in [6.45, 7) is 4.03. The maximum Gasteiger partial charge on any atom is 0.125 e. The van der Waals surface area contributed by atoms with Crippen LogP contribution in [0.25, 0.3) is 0 Å². The van der Waals surface area contributed by atoms with Gasteiger partial charge in [0, 0.05) is 16.1 Å². The number of methoxy groups -OCH3 is 1. The lowest BCUT2D eigenvalue weighted by molar-refractivity contribution is 0.189. The third-order valence-corrected chi connectivity index (χ3v) is 3.48. The summed E-state index contributed by atoms with van der Waals surface area (Å²) in [6, 6.07) is 11.2. The summed E-state index contributed by atoms with van der Waals surface area (Å²) in [5, 5.41) is 10.5. The van der Waals surface area contributed by atoms with Crippen molar-refractivity contribution < 1.29 is 14.6 Å². The van der Waals surface area contributed by atoms with Crippen LogP contribution in [0.2, 0.25) is 5.02 Å². The Labute approximate surface area is 130 Å². The second-order valence-corrected chi connectivity index (χ2v) is 5.40. The summed E-state index contributed by atoms with van der Waals surface area (Å²) in [5.41, 5.74) is 2.72. The summed E-state index contributed by atoms with van der Waals surface area (Å²) in [6.07, 6.45) is -0.582. The molecule has 0 amide bonds. The number of hydrogen-bond donors (Lipinski definition) is 1. The molecule has 112 valence electrons. The van der Waals surface area contributed by atoms with Crippen molar-refractivity contribution >= 4 is 11.6 Å². The van der Waals surface area contributed by atoms with Gasteiger partial charge in [0.25, 0.3) is 0 Å². The van der Waals surface area contributed by atoms with E-state index in [1.807, 2.05) is 37.3 Å². The quantitative estimate of drug-likeness (QED) is 0.895. The van der Waals surface area contributed by atoms with Crippen LogP contribution in [0.15, 0.2) is 36.4 Å². The van der Waals surface area contributed by atoms with Crippen LogP contribution in [0.3, 0.4) is 0 Å². The number of aliphatic hydroxyl groups excluding tert-OH is 1. The molecular weight excluding hydrogens is 288 g/mol. The molecule has 0 fully saturated rings. The second kappa shape index (κ2) is 6.83. The smallest absolute Gasteiger partial charge is 0.125 e. The standard InChI is InChI=1S/C17H19ClO3/c1-11-4-6-17(15(8-11)12(2)19)21-10-13-9-14(18)5-7-16(13)20-3/h4-9,12,19H,10H2,1-3H3/t12-/m0/s1. The Bertz CT molecular complexity index is 623. The predicted octanol–water partition coefficient (Wildman–Crippen LogP) is 4.29. The minimum absolute atomic E-state index is 0.326. The summed E-state index contributed by atoms with van der Waals surface area (Å²) in [5.74, 6) is 1.39. The molecule has 0 aliphatic carbocycles. The van der Waals surface area contributed by atoms with E-state index in [0.717, 1.165) is 22.4 Å². The third kappa shape index (κ3) is 3.90. The number of halogens is 1. The zero-order valence-electron chi connectivity index (χ0n) is 12.4. The predicted molar refractivity (Wildman–Crippen MR) is 84.1 cm³/mol. The highest BCUT2D eigenvalue weighted by atomic mass is 35.5. The molecule has 0 unspecified atom stereocenters. The van der Waals surface area contributed by atoms with Crippen molar-refractivity contribution in [2.24, 2.45) is 0 Å². The topological polar surface area (TPSA) is 38.7 Å². The molecule has 0 bridgehead atoms. The fraction of sp³-hybridized carbons (Fsp3) is 0.294. The van der Waals surface area contributed by atoms with Crippen LogP contribution in [0.5, 0.6) is 11.5 Å². The van der Waals surface area contributed by atoms with Gasteiger partial charge < -0.3 is 14.6 Å². The van der Waals surface area contributed by atoms with Gasteiger partial charge in [0.05, 0.1) is 13.2 Å². The number of rotatable bonds is 5. The average molecular weight is 307 g/mol. The zero-order valence-corrected chi connectivity index (χ0v) is 13.1. The van der Waals surface area contributed by atoms with E-state index in [0.29, 0.717) is 17.4 Å². The minimum Gasteiger partial charge on any atom is -0.496 e. The Morgan fingerprint density at radius 3 is 2.52 bits per heavy atom. The van der Waals surface area contributed by atoms with Crippen molar-refractivity contribution in [3.63, 3.8) is 0 Å². The molecule has 0 saturated carbocycles. The molecule has 0 saturated heterocycles. The number of aliphatic hydroxyl groups is 1. The van der Waals surface area contributed by atoms with Crippen molar-refractivity contribution in [1.82, 2.24) is 0 Å². The molecule has 0 aliphatic heterocycles. The van der Waals surface area contributed by atoms with Crippen LogP contribution in [0.4, 0.5) is 0 Å². The van der Waals surface area contributed by atoms with Crippen molar-refractivity contribution in [2.75, 3.05) is 7.11 Å². The molecule has 0 aliphatic rings. The summed E-state index contributed by atoms with van der Waals surface area (Å²) in [7, 11) is 1.61. The zero-order chi connectivity index (χ0) is 15.4. The number of aryl methyl sites for hydroxylation is 1. The van der Waals surface area contributed by atoms with Gasteiger partial charge in [-0.05, 0) is 44.2 Å². The first-order valence-electron chi connectivity index (χ1n) is 6.75. The Balaban J connectivity index is 2.22. The van der Waals surface area contributed by atoms with E-state index in [9.17, 15) is 5.11 Å². The molecule has 2 rings (SSSR count). The van der Waals surface area contributed by atoms with Gasteiger partial charge in [0.2, 0.25) is 0 Å². The van der Waals surface area contributed by atoms with Crippen LogP contribution in [-0.4, -0.2) is 12.2 Å². The van der Waals surface area contributed by atoms with E-state index < -0.39 is 6.10 Å². The maximum absolute atomic E-state index is 9.85. The fourth-order valence-electron chi connectivity index (χ4n) is 2.14. The third-order valence-electron chi connectivity index (χ3n) is 3.24. The summed E-state index contributed by atoms with van der Waals surface area (Å²) >= 11 is 6.01. The average Bonchev–Trinajstić information content (AvgIpc) is 2.46. The molecule has 1 N–H and O–H groups in total. The Kier molecular flexibility index (Phi) is 5.10. The molecule has 0 heterocycles. The van der Waals surface area contributed by atoms with Gasteiger partial charge in [-0.2, -0.15) is 0 Å². The molecule has 0 aromatic heterocycles. The SMILES string of the molecule is COc1ccc(Cl)cc1COc1ccc(C)cc1[C@H](C)O. The van der Waals surface area contributed by atoms with Gasteiger partial charge in [-0.25, -0.2) is 0 Å². The normalized spacial score (nSPS) is 12.0. The van der Waals surface area contributed by atoms with E-state index in [1.54, 1.807) is 20.1 Å². The van der Waals surface area contributed by atoms with E-state index in [4.69, 9.17) is 21.1 Å². The van der Waals surface area contributed by atoms with Gasteiger partial charge in [-0.1, -0.05) is 23.2 Å². The van der Waals surface area contributed by atoms with Crippen LogP contribution in [-0.2, 0) is 6.61 Å². The van der Waals surface area contributed by atoms with Crippen LogP contribution in [0, 0.1) is 6.92 Å². The first kappa shape index (κ1) is 15.7. The molecule has 2 aromatic carbocycles. The highest BCUT2D eigenvalue weighted by Crippen LogP contribution is 2.29. The Morgan fingerprint density at radius 2 is 1.86 bits per heavy atom. The summed E-state index contributed by atoms with van der Waals surface area (Å²) < 4.78 is 11.1. The van der Waals surface area contributed by atoms with Crippen molar-refractivity contribution in [2.45, 2.75) is 26.6 Å². The lowest BCUT2D eigenvalue weighted by Gasteiger charge is -2.15. The highest BCUT2D eigenvalue weighted by Gasteiger charge is 2.11. The van der Waals surface area contributed by atoms with Gasteiger partial charge in [0.15, 0.2) is 0 Å². The molecule has 2 aromatic rings. The van der Waals surface area contributed by atoms with Gasteiger partial charge in [0.1, 0.15) is 18.1 Å².